The first-order valence-corrected chi connectivity index (χ1v) is 8.11. The van der Waals surface area contributed by atoms with Crippen molar-refractivity contribution in [3.8, 4) is 5.75 Å². The van der Waals surface area contributed by atoms with Crippen LogP contribution in [0, 0.1) is 11.8 Å². The topological polar surface area (TPSA) is 58.6 Å². The number of amides is 1. The molecular formula is C17H22F3NO3. The summed E-state index contributed by atoms with van der Waals surface area (Å²) in [6.07, 6.45) is -3.02. The Morgan fingerprint density at radius 1 is 1.33 bits per heavy atom. The van der Waals surface area contributed by atoms with Gasteiger partial charge in [0.25, 0.3) is 0 Å². The molecule has 0 aliphatic heterocycles. The van der Waals surface area contributed by atoms with Crippen molar-refractivity contribution in [3.05, 3.63) is 23.8 Å². The Morgan fingerprint density at radius 3 is 2.67 bits per heavy atom. The average molecular weight is 345 g/mol. The second-order valence-electron chi connectivity index (χ2n) is 5.94. The van der Waals surface area contributed by atoms with Gasteiger partial charge in [0.05, 0.1) is 19.1 Å². The lowest BCUT2D eigenvalue weighted by molar-refractivity contribution is -0.197. The number of anilines is 1. The number of rotatable bonds is 5. The van der Waals surface area contributed by atoms with E-state index in [1.807, 2.05) is 0 Å². The minimum atomic E-state index is -4.36. The minimum absolute atomic E-state index is 0.00719. The highest BCUT2D eigenvalue weighted by atomic mass is 19.4. The maximum atomic E-state index is 13.1. The Bertz CT molecular complexity index is 575. The van der Waals surface area contributed by atoms with Crippen molar-refractivity contribution in [1.29, 1.82) is 0 Å². The molecule has 1 aromatic carbocycles. The van der Waals surface area contributed by atoms with Crippen molar-refractivity contribution in [2.45, 2.75) is 45.4 Å². The van der Waals surface area contributed by atoms with Crippen molar-refractivity contribution in [3.63, 3.8) is 0 Å². The summed E-state index contributed by atoms with van der Waals surface area (Å²) in [5.74, 6) is -2.79. The summed E-state index contributed by atoms with van der Waals surface area (Å²) in [7, 11) is 0. The van der Waals surface area contributed by atoms with Crippen molar-refractivity contribution in [2.75, 3.05) is 11.9 Å². The van der Waals surface area contributed by atoms with Crippen LogP contribution in [0.2, 0.25) is 0 Å². The van der Waals surface area contributed by atoms with Crippen molar-refractivity contribution in [1.82, 2.24) is 0 Å². The van der Waals surface area contributed by atoms with Crippen molar-refractivity contribution < 1.29 is 27.8 Å². The van der Waals surface area contributed by atoms with Crippen molar-refractivity contribution in [2.24, 2.45) is 11.8 Å². The molecule has 1 aliphatic rings. The zero-order valence-electron chi connectivity index (χ0n) is 13.5. The lowest BCUT2D eigenvalue weighted by atomic mass is 9.78. The summed E-state index contributed by atoms with van der Waals surface area (Å²) in [5.41, 5.74) is 0.838. The molecule has 0 saturated heterocycles. The van der Waals surface area contributed by atoms with Crippen LogP contribution in [0.1, 0.15) is 38.2 Å². The fraction of sp³-hybridized carbons (Fsp3) is 0.588. The van der Waals surface area contributed by atoms with Gasteiger partial charge in [-0.3, -0.25) is 4.79 Å². The van der Waals surface area contributed by atoms with Crippen LogP contribution in [-0.2, 0) is 11.4 Å². The summed E-state index contributed by atoms with van der Waals surface area (Å²) in [5, 5.41) is 11.9. The molecule has 1 aliphatic carbocycles. The zero-order chi connectivity index (χ0) is 17.7. The minimum Gasteiger partial charge on any atom is -0.494 e. The number of aliphatic hydroxyl groups is 1. The summed E-state index contributed by atoms with van der Waals surface area (Å²) in [6.45, 7) is 1.94. The van der Waals surface area contributed by atoms with Gasteiger partial charge in [-0.25, -0.2) is 0 Å². The molecule has 24 heavy (non-hydrogen) atoms. The largest absolute Gasteiger partial charge is 0.494 e. The summed E-state index contributed by atoms with van der Waals surface area (Å²) in [6, 6.07) is 4.68. The van der Waals surface area contributed by atoms with Crippen LogP contribution in [-0.4, -0.2) is 23.8 Å². The first-order chi connectivity index (χ1) is 11.4. The third-order valence-electron chi connectivity index (χ3n) is 4.32. The van der Waals surface area contributed by atoms with Crippen LogP contribution in [0.15, 0.2) is 18.2 Å². The Balaban J connectivity index is 2.13. The van der Waals surface area contributed by atoms with Gasteiger partial charge in [0, 0.05) is 17.2 Å². The van der Waals surface area contributed by atoms with Gasteiger partial charge in [-0.2, -0.15) is 13.2 Å². The van der Waals surface area contributed by atoms with E-state index in [9.17, 15) is 23.1 Å². The highest BCUT2D eigenvalue weighted by molar-refractivity contribution is 5.93. The Kier molecular flexibility index (Phi) is 6.10. The molecule has 0 radical (unpaired) electrons. The number of ether oxygens (including phenoxy) is 1. The highest BCUT2D eigenvalue weighted by Crippen LogP contribution is 2.42. The number of alkyl halides is 3. The summed E-state index contributed by atoms with van der Waals surface area (Å²) >= 11 is 0. The van der Waals surface area contributed by atoms with E-state index in [0.29, 0.717) is 36.4 Å². The van der Waals surface area contributed by atoms with E-state index < -0.39 is 23.9 Å². The predicted molar refractivity (Wildman–Crippen MR) is 83.7 cm³/mol. The first-order valence-electron chi connectivity index (χ1n) is 8.11. The number of halogens is 3. The van der Waals surface area contributed by atoms with Crippen LogP contribution >= 0.6 is 0 Å². The lowest BCUT2D eigenvalue weighted by Crippen LogP contribution is -2.39. The van der Waals surface area contributed by atoms with Gasteiger partial charge < -0.3 is 15.2 Å². The van der Waals surface area contributed by atoms with E-state index >= 15 is 0 Å². The smallest absolute Gasteiger partial charge is 0.392 e. The number of carbonyl (C=O) groups excluding carboxylic acids is 1. The third-order valence-corrected chi connectivity index (χ3v) is 4.32. The second-order valence-corrected chi connectivity index (χ2v) is 5.94. The average Bonchev–Trinajstić information content (AvgIpc) is 2.55. The number of carbonyl (C=O) groups is 1. The molecule has 0 aromatic heterocycles. The molecular weight excluding hydrogens is 323 g/mol. The Morgan fingerprint density at radius 2 is 2.04 bits per heavy atom. The van der Waals surface area contributed by atoms with Crippen LogP contribution in [0.3, 0.4) is 0 Å². The Labute approximate surface area is 139 Å². The normalized spacial score (nSPS) is 21.4. The van der Waals surface area contributed by atoms with Gasteiger partial charge in [-0.05, 0) is 38.0 Å². The fourth-order valence-corrected chi connectivity index (χ4v) is 3.15. The molecule has 0 bridgehead atoms. The van der Waals surface area contributed by atoms with Crippen LogP contribution in [0.25, 0.3) is 0 Å². The summed E-state index contributed by atoms with van der Waals surface area (Å²) < 4.78 is 44.7. The SMILES string of the molecule is CCOc1ccc(NC(=O)C2CCCCC2C(F)(F)F)cc1CO. The quantitative estimate of drug-likeness (QED) is 0.851. The van der Waals surface area contributed by atoms with Gasteiger partial charge in [0.15, 0.2) is 0 Å². The Hall–Kier alpha value is -1.76. The second kappa shape index (κ2) is 7.88. The molecule has 2 N–H and O–H groups in total. The highest BCUT2D eigenvalue weighted by Gasteiger charge is 2.48. The third kappa shape index (κ3) is 4.41. The van der Waals surface area contributed by atoms with E-state index in [0.717, 1.165) is 0 Å². The van der Waals surface area contributed by atoms with Crippen LogP contribution < -0.4 is 10.1 Å². The van der Waals surface area contributed by atoms with Gasteiger partial charge in [-0.1, -0.05) is 12.8 Å². The zero-order valence-corrected chi connectivity index (χ0v) is 13.5. The maximum absolute atomic E-state index is 13.1. The maximum Gasteiger partial charge on any atom is 0.392 e. The number of nitrogens with one attached hydrogen (secondary N) is 1. The molecule has 1 saturated carbocycles. The molecule has 1 amide bonds. The molecule has 2 rings (SSSR count). The molecule has 4 nitrogen and oxygen atoms in total. The van der Waals surface area contributed by atoms with E-state index in [-0.39, 0.29) is 19.4 Å². The first kappa shape index (κ1) is 18.6. The van der Waals surface area contributed by atoms with Gasteiger partial charge in [-0.15, -0.1) is 0 Å². The molecule has 2 atom stereocenters. The van der Waals surface area contributed by atoms with E-state index in [1.165, 1.54) is 6.07 Å². The lowest BCUT2D eigenvalue weighted by Gasteiger charge is -2.32. The van der Waals surface area contributed by atoms with E-state index in [1.54, 1.807) is 19.1 Å². The summed E-state index contributed by atoms with van der Waals surface area (Å²) in [4.78, 5) is 12.3. The molecule has 0 heterocycles. The number of hydrogen-bond donors (Lipinski definition) is 2. The number of hydrogen-bond acceptors (Lipinski definition) is 3. The predicted octanol–water partition coefficient (Wildman–Crippen LogP) is 3.88. The molecule has 0 spiro atoms. The monoisotopic (exact) mass is 345 g/mol. The number of benzene rings is 1. The fourth-order valence-electron chi connectivity index (χ4n) is 3.15. The molecule has 1 aromatic rings. The molecule has 1 fully saturated rings. The van der Waals surface area contributed by atoms with Gasteiger partial charge in [0.2, 0.25) is 5.91 Å². The molecule has 7 heteroatoms. The number of aliphatic hydroxyl groups excluding tert-OH is 1. The van der Waals surface area contributed by atoms with Crippen molar-refractivity contribution >= 4 is 11.6 Å². The van der Waals surface area contributed by atoms with Crippen LogP contribution in [0.5, 0.6) is 5.75 Å². The van der Waals surface area contributed by atoms with E-state index in [2.05, 4.69) is 5.32 Å². The standard InChI is InChI=1S/C17H22F3NO3/c1-2-24-15-8-7-12(9-11(15)10-22)21-16(23)13-5-3-4-6-14(13)17(18,19)20/h7-9,13-14,22H,2-6,10H2,1H3,(H,21,23). The van der Waals surface area contributed by atoms with Gasteiger partial charge >= 0.3 is 6.18 Å². The van der Waals surface area contributed by atoms with Crippen LogP contribution in [0.4, 0.5) is 18.9 Å². The van der Waals surface area contributed by atoms with Gasteiger partial charge in [0.1, 0.15) is 5.75 Å². The van der Waals surface area contributed by atoms with E-state index in [4.69, 9.17) is 4.74 Å². The molecule has 134 valence electrons. The molecule has 2 unspecified atom stereocenters.